The third-order valence-electron chi connectivity index (χ3n) is 12.5. The molecular weight excluding hydrogens is 873 g/mol. The Balaban J connectivity index is 1.56. The molecule has 0 aromatic rings. The number of allylic oxidation sites excluding steroid dienone is 12. The summed E-state index contributed by atoms with van der Waals surface area (Å²) in [6.45, 7) is 3.23. The van der Waals surface area contributed by atoms with Gasteiger partial charge < -0.3 is 81.1 Å². The van der Waals surface area contributed by atoms with Crippen LogP contribution in [0.25, 0.3) is 0 Å². The van der Waals surface area contributed by atoms with Crippen molar-refractivity contribution >= 4 is 11.9 Å². The number of carbonyl (C=O) groups is 2. The average Bonchev–Trinajstić information content (AvgIpc) is 3.23. The number of carbonyl (C=O) groups excluding carboxylic acids is 2. The van der Waals surface area contributed by atoms with Crippen molar-refractivity contribution in [3.8, 4) is 0 Å². The second-order valence-corrected chi connectivity index (χ2v) is 18.5. The smallest absolute Gasteiger partial charge is 0.308 e. The monoisotopic (exact) mass is 949 g/mol. The zero-order valence-corrected chi connectivity index (χ0v) is 38.6. The standard InChI is InChI=1S/C49H76N2O16/c1-30-16-13-11-9-7-5-3-4-6-8-10-12-14-19-36(66-48-46(61)45(50)41(59)29-64-48)26-42-44(47(62)51-32-17-15-18-32)40(58)28-49(63,67-42)27-35(54)24-39(57)37(55)21-20-33(52)23-34(53)25-43(60)65-31(2)22-38(30)56/h3-14,16,19,30-42,44-46,48,52-59,61,63H,15,17-18,20-29,50H2,1-2H3,(H,51,62)/b4-3+,7-5+,8-6+,11-9+,12-10+,16-13+,19-14+/t30-,31-,33?,34?,35?,36?,37?,38-,39+,40-,41+,42-,44?,45-,46-,48-,49?/m0/s1. The summed E-state index contributed by atoms with van der Waals surface area (Å²) in [5, 5.41) is 112. The van der Waals surface area contributed by atoms with E-state index in [2.05, 4.69) is 5.32 Å². The fraction of sp³-hybridized carbons (Fsp3) is 0.673. The lowest BCUT2D eigenvalue weighted by Crippen LogP contribution is -2.60. The van der Waals surface area contributed by atoms with E-state index in [-0.39, 0.29) is 50.7 Å². The highest BCUT2D eigenvalue weighted by atomic mass is 16.7. The Morgan fingerprint density at radius 2 is 1.30 bits per heavy atom. The van der Waals surface area contributed by atoms with Crippen LogP contribution in [0.15, 0.2) is 85.1 Å². The van der Waals surface area contributed by atoms with Gasteiger partial charge in [-0.2, -0.15) is 0 Å². The van der Waals surface area contributed by atoms with Gasteiger partial charge in [-0.25, -0.2) is 0 Å². The van der Waals surface area contributed by atoms with E-state index >= 15 is 0 Å². The van der Waals surface area contributed by atoms with Gasteiger partial charge in [0.25, 0.3) is 0 Å². The molecule has 1 amide bonds. The average molecular weight is 949 g/mol. The lowest BCUT2D eigenvalue weighted by Gasteiger charge is -2.46. The number of cyclic esters (lactones) is 1. The van der Waals surface area contributed by atoms with Crippen LogP contribution in [-0.4, -0.2) is 167 Å². The first kappa shape index (κ1) is 56.2. The molecule has 0 aromatic heterocycles. The Labute approximate surface area is 393 Å². The maximum absolute atomic E-state index is 13.7. The fourth-order valence-corrected chi connectivity index (χ4v) is 8.36. The summed E-state index contributed by atoms with van der Waals surface area (Å²) >= 11 is 0. The van der Waals surface area contributed by atoms with Gasteiger partial charge in [0.15, 0.2) is 12.1 Å². The van der Waals surface area contributed by atoms with Crippen LogP contribution >= 0.6 is 0 Å². The third kappa shape index (κ3) is 19.5. The van der Waals surface area contributed by atoms with Crippen LogP contribution in [0.3, 0.4) is 0 Å². The summed E-state index contributed by atoms with van der Waals surface area (Å²) in [7, 11) is 0. The highest BCUT2D eigenvalue weighted by Crippen LogP contribution is 2.38. The molecule has 18 heteroatoms. The third-order valence-corrected chi connectivity index (χ3v) is 12.5. The Morgan fingerprint density at radius 1 is 0.687 bits per heavy atom. The lowest BCUT2D eigenvalue weighted by molar-refractivity contribution is -0.304. The van der Waals surface area contributed by atoms with E-state index in [4.69, 9.17) is 24.7 Å². The van der Waals surface area contributed by atoms with Crippen molar-refractivity contribution in [3.05, 3.63) is 85.1 Å². The summed E-state index contributed by atoms with van der Waals surface area (Å²) in [6.07, 6.45) is 8.87. The number of nitrogens with two attached hydrogens (primary N) is 1. The number of esters is 1. The second kappa shape index (κ2) is 28.3. The molecule has 7 unspecified atom stereocenters. The van der Waals surface area contributed by atoms with Gasteiger partial charge in [-0.05, 0) is 45.4 Å². The highest BCUT2D eigenvalue weighted by molar-refractivity contribution is 5.80. The molecule has 378 valence electrons. The molecule has 0 aromatic carbocycles. The van der Waals surface area contributed by atoms with Crippen molar-refractivity contribution < 1.29 is 79.6 Å². The first-order chi connectivity index (χ1) is 31.8. The fourth-order valence-electron chi connectivity index (χ4n) is 8.36. The van der Waals surface area contributed by atoms with Gasteiger partial charge in [0, 0.05) is 44.1 Å². The van der Waals surface area contributed by atoms with Crippen molar-refractivity contribution in [1.82, 2.24) is 5.32 Å². The Hall–Kier alpha value is -3.44. The maximum Gasteiger partial charge on any atom is 0.308 e. The number of ether oxygens (including phenoxy) is 4. The van der Waals surface area contributed by atoms with E-state index in [1.807, 2.05) is 49.5 Å². The summed E-state index contributed by atoms with van der Waals surface area (Å²) in [4.78, 5) is 26.3. The first-order valence-corrected chi connectivity index (χ1v) is 23.6. The summed E-state index contributed by atoms with van der Waals surface area (Å²) in [5.41, 5.74) is 6.01. The van der Waals surface area contributed by atoms with E-state index in [1.165, 1.54) is 0 Å². The van der Waals surface area contributed by atoms with Gasteiger partial charge in [0.2, 0.25) is 5.91 Å². The second-order valence-electron chi connectivity index (χ2n) is 18.5. The number of aliphatic hydroxyl groups is 10. The molecule has 4 rings (SSSR count). The largest absolute Gasteiger partial charge is 0.462 e. The molecule has 4 aliphatic rings. The molecule has 3 heterocycles. The minimum absolute atomic E-state index is 0.0815. The van der Waals surface area contributed by atoms with E-state index in [0.29, 0.717) is 0 Å². The van der Waals surface area contributed by atoms with E-state index < -0.39 is 135 Å². The normalized spacial score (nSPS) is 43.5. The molecule has 13 N–H and O–H groups in total. The number of nitrogens with one attached hydrogen (secondary N) is 1. The van der Waals surface area contributed by atoms with Gasteiger partial charge in [-0.3, -0.25) is 9.59 Å². The van der Waals surface area contributed by atoms with Crippen LogP contribution in [0.4, 0.5) is 0 Å². The summed E-state index contributed by atoms with van der Waals surface area (Å²) in [5.74, 6) is -4.92. The van der Waals surface area contributed by atoms with E-state index in [9.17, 15) is 60.7 Å². The molecule has 18 nitrogen and oxygen atoms in total. The molecule has 2 bridgehead atoms. The van der Waals surface area contributed by atoms with Crippen molar-refractivity contribution in [2.45, 2.75) is 188 Å². The van der Waals surface area contributed by atoms with E-state index in [1.54, 1.807) is 49.5 Å². The van der Waals surface area contributed by atoms with Crippen molar-refractivity contribution in [1.29, 1.82) is 0 Å². The number of hydrogen-bond acceptors (Lipinski definition) is 17. The predicted octanol–water partition coefficient (Wildman–Crippen LogP) is 0.661. The molecule has 3 aliphatic heterocycles. The van der Waals surface area contributed by atoms with Crippen LogP contribution < -0.4 is 11.1 Å². The first-order valence-electron chi connectivity index (χ1n) is 23.6. The topological polar surface area (TPSA) is 311 Å². The van der Waals surface area contributed by atoms with Gasteiger partial charge in [-0.1, -0.05) is 92.0 Å². The van der Waals surface area contributed by atoms with E-state index in [0.717, 1.165) is 19.3 Å². The molecule has 67 heavy (non-hydrogen) atoms. The van der Waals surface area contributed by atoms with Crippen molar-refractivity contribution in [2.75, 3.05) is 6.61 Å². The number of fused-ring (bicyclic) bond motifs is 2. The van der Waals surface area contributed by atoms with Crippen molar-refractivity contribution in [3.63, 3.8) is 0 Å². The van der Waals surface area contributed by atoms with Crippen molar-refractivity contribution in [2.24, 2.45) is 17.6 Å². The number of hydrogen-bond donors (Lipinski definition) is 12. The minimum Gasteiger partial charge on any atom is -0.462 e. The quantitative estimate of drug-likeness (QED) is 0.172. The van der Waals surface area contributed by atoms with Gasteiger partial charge in [0.05, 0.1) is 86.0 Å². The van der Waals surface area contributed by atoms with Crippen LogP contribution in [0.1, 0.15) is 90.9 Å². The summed E-state index contributed by atoms with van der Waals surface area (Å²) < 4.78 is 23.3. The zero-order valence-electron chi connectivity index (χ0n) is 38.6. The summed E-state index contributed by atoms with van der Waals surface area (Å²) in [6, 6.07) is -1.19. The van der Waals surface area contributed by atoms with Gasteiger partial charge in [0.1, 0.15) is 12.2 Å². The van der Waals surface area contributed by atoms with Crippen LogP contribution in [0.2, 0.25) is 0 Å². The minimum atomic E-state index is -2.23. The molecule has 0 spiro atoms. The molecule has 2 saturated heterocycles. The Bertz CT molecular complexity index is 1720. The van der Waals surface area contributed by atoms with Crippen LogP contribution in [-0.2, 0) is 28.5 Å². The molecule has 17 atom stereocenters. The van der Waals surface area contributed by atoms with Crippen LogP contribution in [0.5, 0.6) is 0 Å². The molecule has 1 saturated carbocycles. The molecular formula is C49H76N2O16. The Kier molecular flexibility index (Phi) is 23.7. The number of aliphatic hydroxyl groups excluding tert-OH is 9. The number of rotatable bonds is 4. The van der Waals surface area contributed by atoms with Gasteiger partial charge >= 0.3 is 5.97 Å². The molecule has 1 aliphatic carbocycles. The SMILES string of the molecule is C[C@H]1C[C@H](O)[C@@H](C)/C=C/C=C/C=C/C=C/C=C/C=C/C=C/C(O[C@@H]2OC[C@@H](O)[C@H](N)[C@@H]2O)C[C@@H]2OC(O)(CC(O)C[C@@H](O)C(O)CCC(O)CC(O)CC(=O)O1)C[C@H](O)C2C(=O)NC1CCC1. The molecule has 3 fully saturated rings. The highest BCUT2D eigenvalue weighted by Gasteiger charge is 2.51. The predicted molar refractivity (Wildman–Crippen MR) is 246 cm³/mol. The molecule has 0 radical (unpaired) electrons. The Morgan fingerprint density at radius 3 is 1.91 bits per heavy atom. The van der Waals surface area contributed by atoms with Crippen LogP contribution in [0, 0.1) is 11.8 Å². The zero-order chi connectivity index (χ0) is 49.1. The van der Waals surface area contributed by atoms with Gasteiger partial charge in [-0.15, -0.1) is 0 Å². The lowest BCUT2D eigenvalue weighted by atomic mass is 9.81. The number of amides is 1. The maximum atomic E-state index is 13.7.